The Labute approximate surface area is 149 Å². The fourth-order valence-electron chi connectivity index (χ4n) is 2.31. The van der Waals surface area contributed by atoms with Crippen LogP contribution in [0.1, 0.15) is 19.4 Å². The normalized spacial score (nSPS) is 12.3. The molecule has 0 atom stereocenters. The van der Waals surface area contributed by atoms with Crippen LogP contribution in [0.5, 0.6) is 0 Å². The van der Waals surface area contributed by atoms with Crippen LogP contribution in [-0.4, -0.2) is 23.9 Å². The summed E-state index contributed by atoms with van der Waals surface area (Å²) >= 11 is 0. The Morgan fingerprint density at radius 3 is 1.76 bits per heavy atom. The van der Waals surface area contributed by atoms with Crippen molar-refractivity contribution in [3.63, 3.8) is 0 Å². The van der Waals surface area contributed by atoms with Gasteiger partial charge >= 0.3 is 0 Å². The molecule has 0 aromatic heterocycles. The van der Waals surface area contributed by atoms with Crippen LogP contribution in [0.2, 0.25) is 0 Å². The summed E-state index contributed by atoms with van der Waals surface area (Å²) in [4.78, 5) is 0.225. The number of sulfonamides is 2. The van der Waals surface area contributed by atoms with Gasteiger partial charge in [0.2, 0.25) is 10.0 Å². The topological polar surface area (TPSA) is 92.3 Å². The summed E-state index contributed by atoms with van der Waals surface area (Å²) < 4.78 is 52.9. The van der Waals surface area contributed by atoms with Gasteiger partial charge < -0.3 is 0 Å². The van der Waals surface area contributed by atoms with Gasteiger partial charge in [0, 0.05) is 5.69 Å². The fraction of sp³-hybridized carbons (Fsp3) is 0.294. The lowest BCUT2D eigenvalue weighted by molar-refractivity contribution is 0.588. The molecule has 2 aromatic carbocycles. The Hall–Kier alpha value is -1.90. The van der Waals surface area contributed by atoms with Crippen molar-refractivity contribution in [1.82, 2.24) is 4.72 Å². The highest BCUT2D eigenvalue weighted by Crippen LogP contribution is 2.19. The van der Waals surface area contributed by atoms with Gasteiger partial charge in [0.15, 0.2) is 0 Å². The maximum atomic E-state index is 12.4. The molecule has 2 aromatic rings. The van der Waals surface area contributed by atoms with E-state index >= 15 is 0 Å². The first kappa shape index (κ1) is 19.4. The van der Waals surface area contributed by atoms with Crippen molar-refractivity contribution in [1.29, 1.82) is 0 Å². The molecule has 0 radical (unpaired) electrons. The van der Waals surface area contributed by atoms with Crippen LogP contribution in [0, 0.1) is 5.92 Å². The standard InChI is InChI=1S/C17H22N2O4S2/c1-13(2)12-14-4-8-17(9-5-14)25(22,23)19-15-6-10-16(11-7-15)24(20,21)18-3/h4-11,13,18-19H,12H2,1-3H3. The summed E-state index contributed by atoms with van der Waals surface area (Å²) in [6.45, 7) is 4.20. The summed E-state index contributed by atoms with van der Waals surface area (Å²) in [6.07, 6.45) is 0.884. The summed E-state index contributed by atoms with van der Waals surface area (Å²) in [6, 6.07) is 12.3. The smallest absolute Gasteiger partial charge is 0.261 e. The molecule has 8 heteroatoms. The number of benzene rings is 2. The Kier molecular flexibility index (Phi) is 5.87. The van der Waals surface area contributed by atoms with Gasteiger partial charge in [-0.2, -0.15) is 0 Å². The third kappa shape index (κ3) is 5.04. The zero-order chi connectivity index (χ0) is 18.7. The van der Waals surface area contributed by atoms with Gasteiger partial charge in [-0.1, -0.05) is 26.0 Å². The van der Waals surface area contributed by atoms with E-state index in [1.807, 2.05) is 0 Å². The minimum absolute atomic E-state index is 0.0657. The van der Waals surface area contributed by atoms with E-state index in [1.165, 1.54) is 31.3 Å². The largest absolute Gasteiger partial charge is 0.280 e. The molecular formula is C17H22N2O4S2. The van der Waals surface area contributed by atoms with E-state index in [2.05, 4.69) is 23.3 Å². The molecule has 2 rings (SSSR count). The highest BCUT2D eigenvalue weighted by molar-refractivity contribution is 7.92. The Balaban J connectivity index is 2.18. The molecule has 0 aliphatic rings. The lowest BCUT2D eigenvalue weighted by Gasteiger charge is -2.10. The highest BCUT2D eigenvalue weighted by Gasteiger charge is 2.15. The van der Waals surface area contributed by atoms with Crippen LogP contribution >= 0.6 is 0 Å². The fourth-order valence-corrected chi connectivity index (χ4v) is 4.10. The van der Waals surface area contributed by atoms with Crippen molar-refractivity contribution in [3.8, 4) is 0 Å². The zero-order valence-corrected chi connectivity index (χ0v) is 16.0. The predicted molar refractivity (Wildman–Crippen MR) is 98.5 cm³/mol. The molecule has 0 heterocycles. The zero-order valence-electron chi connectivity index (χ0n) is 14.4. The molecule has 2 N–H and O–H groups in total. The molecule has 0 bridgehead atoms. The monoisotopic (exact) mass is 382 g/mol. The first-order chi connectivity index (χ1) is 11.6. The molecule has 0 saturated heterocycles. The van der Waals surface area contributed by atoms with Crippen molar-refractivity contribution in [2.24, 2.45) is 5.92 Å². The van der Waals surface area contributed by atoms with Gasteiger partial charge in [0.1, 0.15) is 0 Å². The summed E-state index contributed by atoms with van der Waals surface area (Å²) in [5.74, 6) is 0.494. The molecular weight excluding hydrogens is 360 g/mol. The molecule has 136 valence electrons. The lowest BCUT2D eigenvalue weighted by Crippen LogP contribution is -2.18. The maximum Gasteiger partial charge on any atom is 0.261 e. The average molecular weight is 383 g/mol. The van der Waals surface area contributed by atoms with Crippen molar-refractivity contribution in [2.75, 3.05) is 11.8 Å². The van der Waals surface area contributed by atoms with Crippen LogP contribution in [-0.2, 0) is 26.5 Å². The Morgan fingerprint density at radius 2 is 1.28 bits per heavy atom. The third-order valence-corrected chi connectivity index (χ3v) is 6.39. The van der Waals surface area contributed by atoms with E-state index in [1.54, 1.807) is 24.3 Å². The van der Waals surface area contributed by atoms with Gasteiger partial charge in [-0.05, 0) is 61.3 Å². The first-order valence-corrected chi connectivity index (χ1v) is 10.8. The lowest BCUT2D eigenvalue weighted by atomic mass is 10.0. The minimum atomic E-state index is -3.73. The summed E-state index contributed by atoms with van der Waals surface area (Å²) in [5.41, 5.74) is 1.37. The van der Waals surface area contributed by atoms with Crippen LogP contribution in [0.15, 0.2) is 58.3 Å². The Morgan fingerprint density at radius 1 is 0.800 bits per heavy atom. The van der Waals surface area contributed by atoms with E-state index in [-0.39, 0.29) is 9.79 Å². The van der Waals surface area contributed by atoms with Gasteiger partial charge in [-0.15, -0.1) is 0 Å². The number of rotatable bonds is 7. The SMILES string of the molecule is CNS(=O)(=O)c1ccc(NS(=O)(=O)c2ccc(CC(C)C)cc2)cc1. The molecule has 6 nitrogen and oxygen atoms in total. The van der Waals surface area contributed by atoms with Crippen molar-refractivity contribution in [3.05, 3.63) is 54.1 Å². The molecule has 0 saturated carbocycles. The van der Waals surface area contributed by atoms with Crippen LogP contribution in [0.25, 0.3) is 0 Å². The van der Waals surface area contributed by atoms with E-state index in [9.17, 15) is 16.8 Å². The highest BCUT2D eigenvalue weighted by atomic mass is 32.2. The number of hydrogen-bond donors (Lipinski definition) is 2. The molecule has 25 heavy (non-hydrogen) atoms. The second kappa shape index (κ2) is 7.55. The number of nitrogens with one attached hydrogen (secondary N) is 2. The van der Waals surface area contributed by atoms with E-state index in [0.717, 1.165) is 12.0 Å². The molecule has 0 aliphatic heterocycles. The maximum absolute atomic E-state index is 12.4. The van der Waals surface area contributed by atoms with Crippen LogP contribution in [0.4, 0.5) is 5.69 Å². The molecule has 0 fully saturated rings. The van der Waals surface area contributed by atoms with Crippen LogP contribution in [0.3, 0.4) is 0 Å². The molecule has 0 aliphatic carbocycles. The van der Waals surface area contributed by atoms with Gasteiger partial charge in [0.05, 0.1) is 9.79 Å². The van der Waals surface area contributed by atoms with Crippen molar-refractivity contribution >= 4 is 25.7 Å². The summed E-state index contributed by atoms with van der Waals surface area (Å²) in [5, 5.41) is 0. The quantitative estimate of drug-likeness (QED) is 0.770. The second-order valence-electron chi connectivity index (χ2n) is 6.08. The molecule has 0 spiro atoms. The van der Waals surface area contributed by atoms with E-state index < -0.39 is 20.0 Å². The summed E-state index contributed by atoms with van der Waals surface area (Å²) in [7, 11) is -5.97. The average Bonchev–Trinajstić information content (AvgIpc) is 2.55. The van der Waals surface area contributed by atoms with E-state index in [4.69, 9.17) is 0 Å². The van der Waals surface area contributed by atoms with Gasteiger partial charge in [-0.3, -0.25) is 4.72 Å². The first-order valence-electron chi connectivity index (χ1n) is 7.79. The molecule has 0 unspecified atom stereocenters. The van der Waals surface area contributed by atoms with Crippen molar-refractivity contribution in [2.45, 2.75) is 30.1 Å². The second-order valence-corrected chi connectivity index (χ2v) is 9.65. The number of anilines is 1. The van der Waals surface area contributed by atoms with Gasteiger partial charge in [-0.25, -0.2) is 21.6 Å². The third-order valence-electron chi connectivity index (χ3n) is 3.56. The van der Waals surface area contributed by atoms with Crippen molar-refractivity contribution < 1.29 is 16.8 Å². The van der Waals surface area contributed by atoms with Crippen LogP contribution < -0.4 is 9.44 Å². The van der Waals surface area contributed by atoms with Gasteiger partial charge in [0.25, 0.3) is 10.0 Å². The van der Waals surface area contributed by atoms with E-state index in [0.29, 0.717) is 11.6 Å². The predicted octanol–water partition coefficient (Wildman–Crippen LogP) is 2.59. The number of hydrogen-bond acceptors (Lipinski definition) is 4. The molecule has 0 amide bonds. The minimum Gasteiger partial charge on any atom is -0.280 e. The Bertz CT molecular complexity index is 918.